The molecule has 0 aromatic carbocycles. The largest absolute Gasteiger partial charge is 0.253 e. The van der Waals surface area contributed by atoms with Crippen LogP contribution in [0.4, 0.5) is 8.78 Å². The molecule has 0 saturated heterocycles. The molecule has 1 aliphatic rings. The second-order valence-electron chi connectivity index (χ2n) is 5.04. The fourth-order valence-corrected chi connectivity index (χ4v) is 2.30. The zero-order valence-corrected chi connectivity index (χ0v) is 9.52. The zero-order valence-electron chi connectivity index (χ0n) is 9.52. The first-order chi connectivity index (χ1) is 6.46. The average molecular weight is 204 g/mol. The molecule has 0 heterocycles. The Morgan fingerprint density at radius 3 is 1.93 bits per heavy atom. The summed E-state index contributed by atoms with van der Waals surface area (Å²) < 4.78 is 27.9. The maximum Gasteiger partial charge on any atom is 0.253 e. The van der Waals surface area contributed by atoms with Crippen molar-refractivity contribution in [2.45, 2.75) is 58.8 Å². The van der Waals surface area contributed by atoms with Crippen LogP contribution in [0.2, 0.25) is 0 Å². The fourth-order valence-electron chi connectivity index (χ4n) is 2.30. The monoisotopic (exact) mass is 204 g/mol. The first-order valence-corrected chi connectivity index (χ1v) is 5.84. The van der Waals surface area contributed by atoms with Crippen molar-refractivity contribution >= 4 is 0 Å². The molecule has 1 fully saturated rings. The van der Waals surface area contributed by atoms with Gasteiger partial charge in [-0.05, 0) is 18.8 Å². The molecule has 1 atom stereocenters. The first kappa shape index (κ1) is 11.9. The van der Waals surface area contributed by atoms with Gasteiger partial charge in [-0.15, -0.1) is 0 Å². The van der Waals surface area contributed by atoms with Gasteiger partial charge in [-0.2, -0.15) is 0 Å². The van der Waals surface area contributed by atoms with Crippen LogP contribution in [0.15, 0.2) is 0 Å². The van der Waals surface area contributed by atoms with E-state index >= 15 is 0 Å². The van der Waals surface area contributed by atoms with Crippen LogP contribution in [0.25, 0.3) is 0 Å². The van der Waals surface area contributed by atoms with Crippen molar-refractivity contribution in [3.05, 3.63) is 0 Å². The highest BCUT2D eigenvalue weighted by Crippen LogP contribution is 2.43. The van der Waals surface area contributed by atoms with Crippen molar-refractivity contribution in [2.24, 2.45) is 17.8 Å². The molecule has 1 unspecified atom stereocenters. The third-order valence-electron chi connectivity index (χ3n) is 3.76. The summed E-state index contributed by atoms with van der Waals surface area (Å²) in [5.74, 6) is -3.21. The minimum Gasteiger partial charge on any atom is -0.206 e. The van der Waals surface area contributed by atoms with Gasteiger partial charge in [-0.25, -0.2) is 8.78 Å². The summed E-state index contributed by atoms with van der Waals surface area (Å²) in [6, 6.07) is 0. The predicted molar refractivity (Wildman–Crippen MR) is 55.5 cm³/mol. The van der Waals surface area contributed by atoms with Crippen molar-refractivity contribution in [2.75, 3.05) is 0 Å². The molecule has 84 valence electrons. The Morgan fingerprint density at radius 2 is 1.50 bits per heavy atom. The van der Waals surface area contributed by atoms with Gasteiger partial charge in [0, 0.05) is 11.8 Å². The number of hydrogen-bond donors (Lipinski definition) is 0. The highest BCUT2D eigenvalue weighted by Gasteiger charge is 2.45. The topological polar surface area (TPSA) is 0 Å². The van der Waals surface area contributed by atoms with E-state index in [9.17, 15) is 8.78 Å². The molecule has 0 aromatic rings. The second-order valence-corrected chi connectivity index (χ2v) is 5.04. The van der Waals surface area contributed by atoms with E-state index in [1.807, 2.05) is 13.8 Å². The molecule has 0 spiro atoms. The molecule has 0 aromatic heterocycles. The molecular weight excluding hydrogens is 182 g/mol. The Labute approximate surface area is 86.1 Å². The van der Waals surface area contributed by atoms with Crippen LogP contribution >= 0.6 is 0 Å². The lowest BCUT2D eigenvalue weighted by Crippen LogP contribution is -2.38. The van der Waals surface area contributed by atoms with Gasteiger partial charge in [0.15, 0.2) is 0 Å². The molecule has 0 nitrogen and oxygen atoms in total. The lowest BCUT2D eigenvalue weighted by molar-refractivity contribution is -0.125. The average Bonchev–Trinajstić information content (AvgIpc) is 2.18. The van der Waals surface area contributed by atoms with E-state index in [-0.39, 0.29) is 11.8 Å². The summed E-state index contributed by atoms with van der Waals surface area (Å²) in [6.45, 7) is 5.47. The van der Waals surface area contributed by atoms with Gasteiger partial charge in [0.05, 0.1) is 0 Å². The van der Waals surface area contributed by atoms with Crippen LogP contribution in [0.5, 0.6) is 0 Å². The van der Waals surface area contributed by atoms with Crippen LogP contribution < -0.4 is 0 Å². The standard InChI is InChI=1S/C12H22F2/c1-9(2)10(3)12(13,14)11-7-5-4-6-8-11/h9-11H,4-8H2,1-3H3. The van der Waals surface area contributed by atoms with E-state index in [4.69, 9.17) is 0 Å². The Morgan fingerprint density at radius 1 is 1.00 bits per heavy atom. The third kappa shape index (κ3) is 2.46. The predicted octanol–water partition coefficient (Wildman–Crippen LogP) is 4.49. The summed E-state index contributed by atoms with van der Waals surface area (Å²) in [4.78, 5) is 0. The van der Waals surface area contributed by atoms with Crippen LogP contribution in [-0.2, 0) is 0 Å². The van der Waals surface area contributed by atoms with Crippen LogP contribution in [-0.4, -0.2) is 5.92 Å². The van der Waals surface area contributed by atoms with E-state index < -0.39 is 11.8 Å². The summed E-state index contributed by atoms with van der Waals surface area (Å²) in [6.07, 6.45) is 4.58. The quantitative estimate of drug-likeness (QED) is 0.635. The Kier molecular flexibility index (Phi) is 3.91. The maximum absolute atomic E-state index is 14.0. The minimum absolute atomic E-state index is 0.0759. The maximum atomic E-state index is 14.0. The number of alkyl halides is 2. The van der Waals surface area contributed by atoms with E-state index in [1.54, 1.807) is 6.92 Å². The Balaban J connectivity index is 2.61. The highest BCUT2D eigenvalue weighted by atomic mass is 19.3. The molecule has 2 heteroatoms. The molecule has 0 radical (unpaired) electrons. The zero-order chi connectivity index (χ0) is 10.8. The van der Waals surface area contributed by atoms with Gasteiger partial charge >= 0.3 is 0 Å². The number of halogens is 2. The highest BCUT2D eigenvalue weighted by molar-refractivity contribution is 4.85. The number of hydrogen-bond acceptors (Lipinski definition) is 0. The van der Waals surface area contributed by atoms with E-state index in [0.717, 1.165) is 32.1 Å². The van der Waals surface area contributed by atoms with Gasteiger partial charge in [0.25, 0.3) is 5.92 Å². The molecule has 1 saturated carbocycles. The first-order valence-electron chi connectivity index (χ1n) is 5.84. The van der Waals surface area contributed by atoms with Crippen molar-refractivity contribution < 1.29 is 8.78 Å². The van der Waals surface area contributed by atoms with Gasteiger partial charge in [0.2, 0.25) is 0 Å². The van der Waals surface area contributed by atoms with Gasteiger partial charge < -0.3 is 0 Å². The smallest absolute Gasteiger partial charge is 0.206 e. The molecule has 1 rings (SSSR count). The van der Waals surface area contributed by atoms with Gasteiger partial charge in [0.1, 0.15) is 0 Å². The van der Waals surface area contributed by atoms with Crippen molar-refractivity contribution in [1.29, 1.82) is 0 Å². The molecule has 14 heavy (non-hydrogen) atoms. The van der Waals surface area contributed by atoms with Gasteiger partial charge in [-0.3, -0.25) is 0 Å². The normalized spacial score (nSPS) is 22.7. The SMILES string of the molecule is CC(C)C(C)C(F)(F)C1CCCCC1. The number of rotatable bonds is 3. The Bertz CT molecular complexity index is 169. The molecule has 0 aliphatic heterocycles. The molecule has 0 N–H and O–H groups in total. The minimum atomic E-state index is -2.45. The fraction of sp³-hybridized carbons (Fsp3) is 1.00. The van der Waals surface area contributed by atoms with Gasteiger partial charge in [-0.1, -0.05) is 40.0 Å². The lowest BCUT2D eigenvalue weighted by Gasteiger charge is -2.35. The van der Waals surface area contributed by atoms with Crippen molar-refractivity contribution in [3.63, 3.8) is 0 Å². The third-order valence-corrected chi connectivity index (χ3v) is 3.76. The van der Waals surface area contributed by atoms with E-state index in [0.29, 0.717) is 0 Å². The molecular formula is C12H22F2. The van der Waals surface area contributed by atoms with Crippen LogP contribution in [0.1, 0.15) is 52.9 Å². The van der Waals surface area contributed by atoms with Crippen LogP contribution in [0, 0.1) is 17.8 Å². The van der Waals surface area contributed by atoms with Crippen LogP contribution in [0.3, 0.4) is 0 Å². The summed E-state index contributed by atoms with van der Waals surface area (Å²) in [5, 5.41) is 0. The summed E-state index contributed by atoms with van der Waals surface area (Å²) >= 11 is 0. The Hall–Kier alpha value is -0.140. The van der Waals surface area contributed by atoms with Crippen molar-refractivity contribution in [1.82, 2.24) is 0 Å². The molecule has 0 amide bonds. The van der Waals surface area contributed by atoms with E-state index in [2.05, 4.69) is 0 Å². The summed E-state index contributed by atoms with van der Waals surface area (Å²) in [5.41, 5.74) is 0. The molecule has 1 aliphatic carbocycles. The summed E-state index contributed by atoms with van der Waals surface area (Å²) in [7, 11) is 0. The van der Waals surface area contributed by atoms with E-state index in [1.165, 1.54) is 0 Å². The van der Waals surface area contributed by atoms with Crippen molar-refractivity contribution in [3.8, 4) is 0 Å². The second kappa shape index (κ2) is 4.59. The lowest BCUT2D eigenvalue weighted by atomic mass is 9.77. The molecule has 0 bridgehead atoms.